The van der Waals surface area contributed by atoms with E-state index in [0.717, 1.165) is 18.4 Å². The number of aromatic nitrogens is 1. The number of benzene rings is 1. The minimum atomic E-state index is -0.287. The molecule has 1 unspecified atom stereocenters. The predicted octanol–water partition coefficient (Wildman–Crippen LogP) is 4.16. The van der Waals surface area contributed by atoms with E-state index in [1.165, 1.54) is 17.2 Å². The van der Waals surface area contributed by atoms with Crippen LogP contribution >= 0.6 is 0 Å². The van der Waals surface area contributed by atoms with Crippen molar-refractivity contribution in [3.05, 3.63) is 63.1 Å². The van der Waals surface area contributed by atoms with Gasteiger partial charge < -0.3 is 15.0 Å². The van der Waals surface area contributed by atoms with E-state index >= 15 is 0 Å². The molecule has 1 aromatic carbocycles. The maximum atomic E-state index is 13.1. The minimum Gasteiger partial charge on any atom is -0.376 e. The molecule has 1 amide bonds. The average molecular weight is 383 g/mol. The van der Waals surface area contributed by atoms with E-state index in [-0.39, 0.29) is 22.5 Å². The smallest absolute Gasteiger partial charge is 0.248 e. The zero-order valence-electron chi connectivity index (χ0n) is 17.4. The monoisotopic (exact) mass is 382 g/mol. The van der Waals surface area contributed by atoms with Gasteiger partial charge in [-0.2, -0.15) is 0 Å². The number of carbonyl (C=O) groups is 1. The van der Waals surface area contributed by atoms with Gasteiger partial charge in [-0.1, -0.05) is 24.3 Å². The lowest BCUT2D eigenvalue weighted by molar-refractivity contribution is -0.122. The maximum absolute atomic E-state index is 13.1. The number of H-pyrrole nitrogens is 1. The SMILES string of the molecule is Cc1ccccc1C1(CC(=O)Nc2c(C)cc(=O)[nH]c2C)CCOC(C)(C)C1. The first-order chi connectivity index (χ1) is 13.1. The third kappa shape index (κ3) is 4.20. The molecule has 1 aliphatic heterocycles. The van der Waals surface area contributed by atoms with Gasteiger partial charge in [-0.25, -0.2) is 0 Å². The van der Waals surface area contributed by atoms with Crippen LogP contribution in [0.25, 0.3) is 0 Å². The first-order valence-corrected chi connectivity index (χ1v) is 9.82. The number of pyridine rings is 1. The van der Waals surface area contributed by atoms with Gasteiger partial charge in [0, 0.05) is 30.2 Å². The molecule has 1 aromatic heterocycles. The molecule has 1 saturated heterocycles. The van der Waals surface area contributed by atoms with E-state index in [4.69, 9.17) is 4.74 Å². The van der Waals surface area contributed by atoms with Crippen LogP contribution in [0.1, 0.15) is 55.5 Å². The van der Waals surface area contributed by atoms with Crippen LogP contribution in [0.5, 0.6) is 0 Å². The molecule has 0 aliphatic carbocycles. The fourth-order valence-corrected chi connectivity index (χ4v) is 4.65. The van der Waals surface area contributed by atoms with Gasteiger partial charge in [-0.3, -0.25) is 9.59 Å². The fourth-order valence-electron chi connectivity index (χ4n) is 4.65. The lowest BCUT2D eigenvalue weighted by Crippen LogP contribution is -2.46. The van der Waals surface area contributed by atoms with Crippen LogP contribution in [-0.2, 0) is 14.9 Å². The van der Waals surface area contributed by atoms with Crippen molar-refractivity contribution in [2.24, 2.45) is 0 Å². The number of nitrogens with one attached hydrogen (secondary N) is 2. The number of ether oxygens (including phenoxy) is 1. The van der Waals surface area contributed by atoms with Crippen molar-refractivity contribution in [3.8, 4) is 0 Å². The van der Waals surface area contributed by atoms with Gasteiger partial charge in [0.2, 0.25) is 11.5 Å². The zero-order valence-corrected chi connectivity index (χ0v) is 17.4. The van der Waals surface area contributed by atoms with E-state index in [2.05, 4.69) is 43.2 Å². The standard InChI is InChI=1S/C23H30N2O3/c1-15-8-6-7-9-18(15)23(10-11-28-22(4,5)14-23)13-20(27)25-21-16(2)12-19(26)24-17(21)3/h6-9,12H,10-11,13-14H2,1-5H3,(H,24,26)(H,25,27). The normalized spacial score (nSPS) is 21.3. The molecule has 1 fully saturated rings. The molecule has 0 radical (unpaired) electrons. The summed E-state index contributed by atoms with van der Waals surface area (Å²) in [5.41, 5.74) is 3.83. The average Bonchev–Trinajstić information content (AvgIpc) is 2.57. The number of hydrogen-bond donors (Lipinski definition) is 2. The summed E-state index contributed by atoms with van der Waals surface area (Å²) in [5.74, 6) is -0.0424. The largest absolute Gasteiger partial charge is 0.376 e. The Morgan fingerprint density at radius 1 is 1.18 bits per heavy atom. The van der Waals surface area contributed by atoms with Crippen molar-refractivity contribution in [2.75, 3.05) is 11.9 Å². The molecule has 5 heteroatoms. The molecule has 2 heterocycles. The van der Waals surface area contributed by atoms with Crippen molar-refractivity contribution in [1.82, 2.24) is 4.98 Å². The molecule has 1 atom stereocenters. The Balaban J connectivity index is 1.94. The number of anilines is 1. The second-order valence-corrected chi connectivity index (χ2v) is 8.67. The summed E-state index contributed by atoms with van der Waals surface area (Å²) in [6.45, 7) is 10.6. The van der Waals surface area contributed by atoms with Gasteiger partial charge in [0.15, 0.2) is 0 Å². The van der Waals surface area contributed by atoms with E-state index < -0.39 is 0 Å². The highest BCUT2D eigenvalue weighted by molar-refractivity contribution is 5.93. The lowest BCUT2D eigenvalue weighted by Gasteiger charge is -2.45. The van der Waals surface area contributed by atoms with Gasteiger partial charge in [-0.05, 0) is 64.2 Å². The van der Waals surface area contributed by atoms with E-state index in [9.17, 15) is 9.59 Å². The Bertz CT molecular complexity index is 919. The quantitative estimate of drug-likeness (QED) is 0.834. The highest BCUT2D eigenvalue weighted by Gasteiger charge is 2.44. The summed E-state index contributed by atoms with van der Waals surface area (Å²) in [6.07, 6.45) is 1.96. The molecule has 1 aliphatic rings. The number of carbonyl (C=O) groups excluding carboxylic acids is 1. The molecule has 5 nitrogen and oxygen atoms in total. The van der Waals surface area contributed by atoms with Crippen molar-refractivity contribution < 1.29 is 9.53 Å². The van der Waals surface area contributed by atoms with Crippen LogP contribution in [0.15, 0.2) is 35.1 Å². The molecular weight excluding hydrogens is 352 g/mol. The number of aromatic amines is 1. The van der Waals surface area contributed by atoms with Crippen LogP contribution in [0, 0.1) is 20.8 Å². The Labute approximate surface area is 166 Å². The number of aryl methyl sites for hydroxylation is 3. The third-order valence-electron chi connectivity index (χ3n) is 5.74. The Morgan fingerprint density at radius 3 is 2.54 bits per heavy atom. The summed E-state index contributed by atoms with van der Waals surface area (Å²) in [6, 6.07) is 9.83. The Hall–Kier alpha value is -2.40. The van der Waals surface area contributed by atoms with Crippen molar-refractivity contribution in [3.63, 3.8) is 0 Å². The summed E-state index contributed by atoms with van der Waals surface area (Å²) in [7, 11) is 0. The van der Waals surface area contributed by atoms with Crippen molar-refractivity contribution in [1.29, 1.82) is 0 Å². The van der Waals surface area contributed by atoms with Crippen LogP contribution in [0.4, 0.5) is 5.69 Å². The van der Waals surface area contributed by atoms with Gasteiger partial charge in [0.05, 0.1) is 11.3 Å². The maximum Gasteiger partial charge on any atom is 0.248 e. The highest BCUT2D eigenvalue weighted by Crippen LogP contribution is 2.45. The zero-order chi connectivity index (χ0) is 20.5. The molecule has 0 bridgehead atoms. The van der Waals surface area contributed by atoms with Crippen LogP contribution < -0.4 is 10.9 Å². The van der Waals surface area contributed by atoms with Gasteiger partial charge in [0.25, 0.3) is 0 Å². The minimum absolute atomic E-state index is 0.0424. The molecule has 0 saturated carbocycles. The molecular formula is C23H30N2O3. The second-order valence-electron chi connectivity index (χ2n) is 8.67. The van der Waals surface area contributed by atoms with Gasteiger partial charge in [0.1, 0.15) is 0 Å². The Morgan fingerprint density at radius 2 is 1.89 bits per heavy atom. The van der Waals surface area contributed by atoms with Gasteiger partial charge in [-0.15, -0.1) is 0 Å². The Kier molecular flexibility index (Phi) is 5.48. The number of amides is 1. The van der Waals surface area contributed by atoms with Crippen molar-refractivity contribution >= 4 is 11.6 Å². The van der Waals surface area contributed by atoms with E-state index in [1.54, 1.807) is 6.92 Å². The predicted molar refractivity (Wildman–Crippen MR) is 112 cm³/mol. The van der Waals surface area contributed by atoms with Gasteiger partial charge >= 0.3 is 0 Å². The molecule has 2 N–H and O–H groups in total. The second kappa shape index (κ2) is 7.55. The summed E-state index contributed by atoms with van der Waals surface area (Å²) in [4.78, 5) is 27.5. The number of rotatable bonds is 4. The summed E-state index contributed by atoms with van der Waals surface area (Å²) < 4.78 is 5.96. The van der Waals surface area contributed by atoms with E-state index in [0.29, 0.717) is 24.4 Å². The molecule has 3 rings (SSSR count). The number of hydrogen-bond acceptors (Lipinski definition) is 3. The third-order valence-corrected chi connectivity index (χ3v) is 5.74. The van der Waals surface area contributed by atoms with Crippen molar-refractivity contribution in [2.45, 2.75) is 64.9 Å². The molecule has 2 aromatic rings. The first kappa shape index (κ1) is 20.3. The summed E-state index contributed by atoms with van der Waals surface area (Å²) in [5, 5.41) is 3.04. The molecule has 0 spiro atoms. The highest BCUT2D eigenvalue weighted by atomic mass is 16.5. The topological polar surface area (TPSA) is 71.2 Å². The van der Waals surface area contributed by atoms with Crippen LogP contribution in [-0.4, -0.2) is 23.1 Å². The fraction of sp³-hybridized carbons (Fsp3) is 0.478. The summed E-state index contributed by atoms with van der Waals surface area (Å²) >= 11 is 0. The van der Waals surface area contributed by atoms with Crippen LogP contribution in [0.3, 0.4) is 0 Å². The lowest BCUT2D eigenvalue weighted by atomic mass is 9.66. The van der Waals surface area contributed by atoms with Crippen LogP contribution in [0.2, 0.25) is 0 Å². The molecule has 150 valence electrons. The first-order valence-electron chi connectivity index (χ1n) is 9.82. The van der Waals surface area contributed by atoms with E-state index in [1.807, 2.05) is 19.1 Å². The molecule has 28 heavy (non-hydrogen) atoms.